The lowest BCUT2D eigenvalue weighted by Crippen LogP contribution is -2.31. The topological polar surface area (TPSA) is 73.2 Å². The molecule has 0 radical (unpaired) electrons. The van der Waals surface area contributed by atoms with Crippen LogP contribution in [0.3, 0.4) is 0 Å². The molecule has 0 amide bonds. The second-order valence-electron chi connectivity index (χ2n) is 5.54. The third kappa shape index (κ3) is 3.92. The summed E-state index contributed by atoms with van der Waals surface area (Å²) < 4.78 is 35.0. The number of sulfonamides is 1. The van der Waals surface area contributed by atoms with E-state index in [0.29, 0.717) is 11.3 Å². The van der Waals surface area contributed by atoms with E-state index in [9.17, 15) is 8.42 Å². The summed E-state index contributed by atoms with van der Waals surface area (Å²) in [7, 11) is -2.08. The minimum atomic E-state index is -3.64. The molecule has 0 saturated carbocycles. The first-order valence-corrected chi connectivity index (χ1v) is 10.1. The van der Waals surface area contributed by atoms with E-state index in [1.807, 2.05) is 29.1 Å². The molecule has 8 heteroatoms. The number of nitrogens with one attached hydrogen (secondary N) is 1. The van der Waals surface area contributed by atoms with E-state index in [4.69, 9.17) is 4.74 Å². The first-order chi connectivity index (χ1) is 12.0. The largest absolute Gasteiger partial charge is 0.497 e. The average molecular weight is 377 g/mol. The number of hydrogen-bond acceptors (Lipinski definition) is 5. The number of rotatable bonds is 7. The Morgan fingerprint density at radius 2 is 2.20 bits per heavy atom. The summed E-state index contributed by atoms with van der Waals surface area (Å²) in [6.45, 7) is 1.97. The van der Waals surface area contributed by atoms with E-state index in [2.05, 4.69) is 9.82 Å². The van der Waals surface area contributed by atoms with Crippen molar-refractivity contribution in [1.82, 2.24) is 14.5 Å². The first-order valence-electron chi connectivity index (χ1n) is 7.67. The highest BCUT2D eigenvalue weighted by atomic mass is 32.2. The molecule has 1 aromatic carbocycles. The van der Waals surface area contributed by atoms with Crippen molar-refractivity contribution in [2.75, 3.05) is 13.7 Å². The Balaban J connectivity index is 1.83. The maximum atomic E-state index is 12.7. The minimum absolute atomic E-state index is 0.199. The minimum Gasteiger partial charge on any atom is -0.497 e. The van der Waals surface area contributed by atoms with Crippen LogP contribution in [0.4, 0.5) is 0 Å². The summed E-state index contributed by atoms with van der Waals surface area (Å²) in [6, 6.07) is 8.51. The normalized spacial score (nSPS) is 12.9. The highest BCUT2D eigenvalue weighted by molar-refractivity contribution is 7.89. The van der Waals surface area contributed by atoms with Crippen molar-refractivity contribution in [2.24, 2.45) is 0 Å². The maximum Gasteiger partial charge on any atom is 0.240 e. The fraction of sp³-hybridized carbons (Fsp3) is 0.235. The van der Waals surface area contributed by atoms with E-state index in [1.54, 1.807) is 54.4 Å². The van der Waals surface area contributed by atoms with Crippen LogP contribution in [0.25, 0.3) is 0 Å². The molecule has 2 heterocycles. The summed E-state index contributed by atoms with van der Waals surface area (Å²) in [5.41, 5.74) is 1.65. The number of aromatic nitrogens is 2. The van der Waals surface area contributed by atoms with Crippen molar-refractivity contribution in [1.29, 1.82) is 0 Å². The van der Waals surface area contributed by atoms with Crippen LogP contribution < -0.4 is 9.46 Å². The fourth-order valence-electron chi connectivity index (χ4n) is 2.61. The molecule has 0 saturated heterocycles. The van der Waals surface area contributed by atoms with Crippen molar-refractivity contribution in [3.63, 3.8) is 0 Å². The van der Waals surface area contributed by atoms with Gasteiger partial charge < -0.3 is 4.74 Å². The van der Waals surface area contributed by atoms with Crippen LogP contribution in [-0.2, 0) is 10.0 Å². The molecule has 0 aliphatic rings. The molecule has 1 atom stereocenters. The van der Waals surface area contributed by atoms with Gasteiger partial charge in [-0.15, -0.1) is 0 Å². The number of methoxy groups -OCH3 is 1. The van der Waals surface area contributed by atoms with Gasteiger partial charge in [0.1, 0.15) is 5.75 Å². The predicted molar refractivity (Wildman–Crippen MR) is 97.6 cm³/mol. The zero-order valence-corrected chi connectivity index (χ0v) is 15.5. The van der Waals surface area contributed by atoms with Gasteiger partial charge in [0.25, 0.3) is 0 Å². The lowest BCUT2D eigenvalue weighted by atomic mass is 10.1. The zero-order valence-electron chi connectivity index (χ0n) is 13.9. The van der Waals surface area contributed by atoms with Crippen LogP contribution >= 0.6 is 11.3 Å². The highest BCUT2D eigenvalue weighted by Gasteiger charge is 2.21. The molecule has 0 bridgehead atoms. The summed E-state index contributed by atoms with van der Waals surface area (Å²) >= 11 is 1.57. The molecule has 6 nitrogen and oxygen atoms in total. The fourth-order valence-corrected chi connectivity index (χ4v) is 4.58. The van der Waals surface area contributed by atoms with E-state index in [0.717, 1.165) is 5.56 Å². The van der Waals surface area contributed by atoms with Gasteiger partial charge in [0, 0.05) is 18.9 Å². The van der Waals surface area contributed by atoms with E-state index in [-0.39, 0.29) is 17.5 Å². The number of aryl methyl sites for hydroxylation is 1. The van der Waals surface area contributed by atoms with Crippen LogP contribution in [0.5, 0.6) is 5.75 Å². The van der Waals surface area contributed by atoms with Gasteiger partial charge in [-0.3, -0.25) is 4.68 Å². The number of thiophene rings is 1. The second kappa shape index (κ2) is 7.38. The molecule has 0 aliphatic carbocycles. The number of nitrogens with zero attached hydrogens (tertiary/aromatic N) is 2. The first kappa shape index (κ1) is 17.7. The van der Waals surface area contributed by atoms with Gasteiger partial charge in [0.15, 0.2) is 0 Å². The van der Waals surface area contributed by atoms with E-state index < -0.39 is 10.0 Å². The predicted octanol–water partition coefficient (Wildman–Crippen LogP) is 2.83. The van der Waals surface area contributed by atoms with Gasteiger partial charge in [0.05, 0.1) is 18.0 Å². The molecular formula is C17H19N3O3S2. The van der Waals surface area contributed by atoms with Crippen LogP contribution in [0.15, 0.2) is 58.4 Å². The summed E-state index contributed by atoms with van der Waals surface area (Å²) in [6.07, 6.45) is 3.51. The molecule has 0 spiro atoms. The van der Waals surface area contributed by atoms with Crippen LogP contribution in [0.1, 0.15) is 17.2 Å². The van der Waals surface area contributed by atoms with E-state index in [1.165, 1.54) is 0 Å². The van der Waals surface area contributed by atoms with Gasteiger partial charge in [-0.05, 0) is 59.1 Å². The molecule has 0 fully saturated rings. The Labute approximate surface area is 151 Å². The quantitative estimate of drug-likeness (QED) is 0.687. The smallest absolute Gasteiger partial charge is 0.240 e. The third-order valence-corrected chi connectivity index (χ3v) is 6.20. The Morgan fingerprint density at radius 1 is 1.36 bits per heavy atom. The zero-order chi connectivity index (χ0) is 17.9. The van der Waals surface area contributed by atoms with Gasteiger partial charge in [-0.2, -0.15) is 16.4 Å². The van der Waals surface area contributed by atoms with Crippen molar-refractivity contribution in [3.05, 3.63) is 64.6 Å². The van der Waals surface area contributed by atoms with Crippen LogP contribution in [0, 0.1) is 6.92 Å². The second-order valence-corrected chi connectivity index (χ2v) is 8.06. The van der Waals surface area contributed by atoms with Crippen LogP contribution in [-0.4, -0.2) is 31.9 Å². The van der Waals surface area contributed by atoms with Gasteiger partial charge in [-0.1, -0.05) is 0 Å². The standard InChI is InChI=1S/C17H19N3O3S2/c1-13-10-15(23-2)4-5-17(13)25(21,22)19-11-16(14-6-9-24-12-14)20-8-3-7-18-20/h3-10,12,16,19H,11H2,1-2H3/t16-/m0/s1. The number of benzene rings is 1. The molecule has 3 rings (SSSR count). The lowest BCUT2D eigenvalue weighted by Gasteiger charge is -2.18. The van der Waals surface area contributed by atoms with E-state index >= 15 is 0 Å². The van der Waals surface area contributed by atoms with Crippen molar-refractivity contribution >= 4 is 21.4 Å². The Hall–Kier alpha value is -2.16. The number of ether oxygens (including phenoxy) is 1. The Morgan fingerprint density at radius 3 is 2.80 bits per heavy atom. The van der Waals surface area contributed by atoms with Crippen LogP contribution in [0.2, 0.25) is 0 Å². The van der Waals surface area contributed by atoms with Gasteiger partial charge >= 0.3 is 0 Å². The number of hydrogen-bond donors (Lipinski definition) is 1. The lowest BCUT2D eigenvalue weighted by molar-refractivity contribution is 0.414. The molecule has 3 aromatic rings. The summed E-state index contributed by atoms with van der Waals surface area (Å²) in [5.74, 6) is 0.629. The monoisotopic (exact) mass is 377 g/mol. The molecule has 1 N–H and O–H groups in total. The summed E-state index contributed by atoms with van der Waals surface area (Å²) in [4.78, 5) is 0.248. The van der Waals surface area contributed by atoms with Crippen molar-refractivity contribution in [3.8, 4) is 5.75 Å². The Kier molecular flexibility index (Phi) is 5.22. The molecule has 0 aliphatic heterocycles. The SMILES string of the molecule is COc1ccc(S(=O)(=O)NC[C@@H](c2ccsc2)n2cccn2)c(C)c1. The third-order valence-electron chi connectivity index (χ3n) is 3.91. The van der Waals surface area contributed by atoms with Crippen molar-refractivity contribution < 1.29 is 13.2 Å². The van der Waals surface area contributed by atoms with Gasteiger partial charge in [0.2, 0.25) is 10.0 Å². The molecular weight excluding hydrogens is 358 g/mol. The molecule has 132 valence electrons. The van der Waals surface area contributed by atoms with Crippen molar-refractivity contribution in [2.45, 2.75) is 17.9 Å². The average Bonchev–Trinajstić information content (AvgIpc) is 3.28. The maximum absolute atomic E-state index is 12.7. The molecule has 2 aromatic heterocycles. The van der Waals surface area contributed by atoms with Gasteiger partial charge in [-0.25, -0.2) is 13.1 Å². The summed E-state index contributed by atoms with van der Waals surface area (Å²) in [5, 5.41) is 8.22. The molecule has 0 unspecified atom stereocenters. The molecule has 25 heavy (non-hydrogen) atoms. The highest BCUT2D eigenvalue weighted by Crippen LogP contribution is 2.23. The Bertz CT molecular complexity index is 886.